The summed E-state index contributed by atoms with van der Waals surface area (Å²) in [6, 6.07) is 5.31. The van der Waals surface area contributed by atoms with Crippen LogP contribution in [-0.4, -0.2) is 28.1 Å². The number of hydrogen-bond donors (Lipinski definition) is 0. The van der Waals surface area contributed by atoms with Gasteiger partial charge in [0.2, 0.25) is 0 Å². The Bertz CT molecular complexity index is 1000. The molecule has 28 heavy (non-hydrogen) atoms. The molecule has 3 heterocycles. The molecule has 1 aliphatic heterocycles. The molecule has 4 rings (SSSR count). The minimum Gasteiger partial charge on any atom is -0.336 e. The van der Waals surface area contributed by atoms with Gasteiger partial charge in [-0.3, -0.25) is 4.90 Å². The summed E-state index contributed by atoms with van der Waals surface area (Å²) >= 11 is 0. The van der Waals surface area contributed by atoms with Crippen LogP contribution < -0.4 is 0 Å². The lowest BCUT2D eigenvalue weighted by Gasteiger charge is -2.32. The SMILES string of the molecule is Cc1noc2nc(C3CCCN(Cc4ccc(F)c(F)c4)C3)cc(C(F)F)c12. The van der Waals surface area contributed by atoms with Gasteiger partial charge in [0.25, 0.3) is 12.1 Å². The molecule has 1 saturated heterocycles. The average Bonchev–Trinajstić information content (AvgIpc) is 3.05. The molecule has 0 spiro atoms. The monoisotopic (exact) mass is 393 g/mol. The maximum absolute atomic E-state index is 13.6. The summed E-state index contributed by atoms with van der Waals surface area (Å²) in [5.41, 5.74) is 1.63. The molecular formula is C20H19F4N3O. The third-order valence-corrected chi connectivity index (χ3v) is 5.22. The summed E-state index contributed by atoms with van der Waals surface area (Å²) in [5, 5.41) is 4.04. The molecule has 3 aromatic rings. The fourth-order valence-electron chi connectivity index (χ4n) is 3.87. The number of benzene rings is 1. The van der Waals surface area contributed by atoms with E-state index in [1.54, 1.807) is 13.0 Å². The van der Waals surface area contributed by atoms with Crippen molar-refractivity contribution in [3.8, 4) is 0 Å². The number of hydrogen-bond acceptors (Lipinski definition) is 4. The van der Waals surface area contributed by atoms with Gasteiger partial charge in [-0.05, 0) is 50.1 Å². The van der Waals surface area contributed by atoms with E-state index >= 15 is 0 Å². The fourth-order valence-corrected chi connectivity index (χ4v) is 3.87. The van der Waals surface area contributed by atoms with Crippen LogP contribution in [0.5, 0.6) is 0 Å². The zero-order valence-electron chi connectivity index (χ0n) is 15.3. The third kappa shape index (κ3) is 3.61. The molecule has 0 N–H and O–H groups in total. The Morgan fingerprint density at radius 3 is 2.79 bits per heavy atom. The minimum absolute atomic E-state index is 0.0497. The molecule has 1 fully saturated rings. The molecule has 8 heteroatoms. The third-order valence-electron chi connectivity index (χ3n) is 5.22. The molecule has 0 amide bonds. The number of pyridine rings is 1. The van der Waals surface area contributed by atoms with Crippen molar-refractivity contribution >= 4 is 11.1 Å². The molecule has 1 aliphatic rings. The van der Waals surface area contributed by atoms with Gasteiger partial charge >= 0.3 is 0 Å². The number of nitrogens with zero attached hydrogens (tertiary/aromatic N) is 3. The zero-order chi connectivity index (χ0) is 19.8. The van der Waals surface area contributed by atoms with E-state index in [1.165, 1.54) is 12.1 Å². The van der Waals surface area contributed by atoms with Crippen LogP contribution in [0.25, 0.3) is 11.1 Å². The Morgan fingerprint density at radius 1 is 1.21 bits per heavy atom. The quantitative estimate of drug-likeness (QED) is 0.577. The molecule has 0 saturated carbocycles. The standard InChI is InChI=1S/C20H19F4N3O/c1-11-18-14(19(23)24)8-17(25-20(18)28-26-11)13-3-2-6-27(10-13)9-12-4-5-15(21)16(22)7-12/h4-5,7-8,13,19H,2-3,6,9-10H2,1H3. The number of halogens is 4. The van der Waals surface area contributed by atoms with Crippen molar-refractivity contribution in [2.24, 2.45) is 0 Å². The van der Waals surface area contributed by atoms with Gasteiger partial charge in [-0.15, -0.1) is 0 Å². The van der Waals surface area contributed by atoms with Crippen molar-refractivity contribution in [2.75, 3.05) is 13.1 Å². The second-order valence-electron chi connectivity index (χ2n) is 7.21. The Hall–Kier alpha value is -2.48. The first kappa shape index (κ1) is 18.9. The number of fused-ring (bicyclic) bond motifs is 1. The lowest BCUT2D eigenvalue weighted by atomic mass is 9.92. The Balaban J connectivity index is 1.58. The van der Waals surface area contributed by atoms with Crippen molar-refractivity contribution in [2.45, 2.75) is 38.7 Å². The highest BCUT2D eigenvalue weighted by molar-refractivity contribution is 5.80. The molecule has 0 bridgehead atoms. The maximum atomic E-state index is 13.6. The molecule has 0 radical (unpaired) electrons. The maximum Gasteiger partial charge on any atom is 0.264 e. The minimum atomic E-state index is -2.65. The van der Waals surface area contributed by atoms with E-state index in [1.807, 2.05) is 0 Å². The van der Waals surface area contributed by atoms with Crippen LogP contribution in [0.2, 0.25) is 0 Å². The number of piperidine rings is 1. The molecule has 2 aromatic heterocycles. The molecule has 1 unspecified atom stereocenters. The zero-order valence-corrected chi connectivity index (χ0v) is 15.3. The van der Waals surface area contributed by atoms with Gasteiger partial charge in [-0.2, -0.15) is 0 Å². The van der Waals surface area contributed by atoms with Gasteiger partial charge in [0.1, 0.15) is 0 Å². The van der Waals surface area contributed by atoms with E-state index in [4.69, 9.17) is 4.52 Å². The molecule has 148 valence electrons. The van der Waals surface area contributed by atoms with Crippen molar-refractivity contribution in [1.82, 2.24) is 15.0 Å². The highest BCUT2D eigenvalue weighted by Crippen LogP contribution is 2.34. The number of alkyl halides is 2. The van der Waals surface area contributed by atoms with Crippen LogP contribution in [0, 0.1) is 18.6 Å². The molecule has 4 nitrogen and oxygen atoms in total. The Morgan fingerprint density at radius 2 is 2.04 bits per heavy atom. The van der Waals surface area contributed by atoms with E-state index in [2.05, 4.69) is 15.0 Å². The van der Waals surface area contributed by atoms with E-state index < -0.39 is 18.1 Å². The first-order chi connectivity index (χ1) is 13.4. The number of likely N-dealkylation sites (tertiary alicyclic amines) is 1. The lowest BCUT2D eigenvalue weighted by Crippen LogP contribution is -2.34. The summed E-state index contributed by atoms with van der Waals surface area (Å²) in [7, 11) is 0. The summed E-state index contributed by atoms with van der Waals surface area (Å²) in [4.78, 5) is 6.53. The van der Waals surface area contributed by atoms with E-state index in [9.17, 15) is 17.6 Å². The highest BCUT2D eigenvalue weighted by atomic mass is 19.3. The molecular weight excluding hydrogens is 374 g/mol. The lowest BCUT2D eigenvalue weighted by molar-refractivity contribution is 0.152. The number of aryl methyl sites for hydroxylation is 1. The average molecular weight is 393 g/mol. The largest absolute Gasteiger partial charge is 0.336 e. The summed E-state index contributed by atoms with van der Waals surface area (Å²) in [6.45, 7) is 3.45. The molecule has 1 aromatic carbocycles. The van der Waals surface area contributed by atoms with E-state index in [0.29, 0.717) is 30.0 Å². The van der Waals surface area contributed by atoms with Crippen LogP contribution in [0.4, 0.5) is 17.6 Å². The summed E-state index contributed by atoms with van der Waals surface area (Å²) in [6.07, 6.45) is -0.986. The van der Waals surface area contributed by atoms with Crippen LogP contribution in [0.1, 0.15) is 47.7 Å². The smallest absolute Gasteiger partial charge is 0.264 e. The molecule has 0 aliphatic carbocycles. The van der Waals surface area contributed by atoms with Crippen LogP contribution in [0.3, 0.4) is 0 Å². The van der Waals surface area contributed by atoms with Crippen LogP contribution in [-0.2, 0) is 6.54 Å². The summed E-state index contributed by atoms with van der Waals surface area (Å²) in [5.74, 6) is -1.80. The van der Waals surface area contributed by atoms with Crippen molar-refractivity contribution in [1.29, 1.82) is 0 Å². The number of rotatable bonds is 4. The van der Waals surface area contributed by atoms with Gasteiger partial charge < -0.3 is 4.52 Å². The normalized spacial score (nSPS) is 18.3. The highest BCUT2D eigenvalue weighted by Gasteiger charge is 2.26. The van der Waals surface area contributed by atoms with Crippen molar-refractivity contribution in [3.63, 3.8) is 0 Å². The summed E-state index contributed by atoms with van der Waals surface area (Å²) < 4.78 is 58.8. The van der Waals surface area contributed by atoms with Gasteiger partial charge in [0.05, 0.1) is 11.1 Å². The predicted molar refractivity (Wildman–Crippen MR) is 95.1 cm³/mol. The van der Waals surface area contributed by atoms with Crippen LogP contribution in [0.15, 0.2) is 28.8 Å². The Labute approximate surface area is 159 Å². The fraction of sp³-hybridized carbons (Fsp3) is 0.400. The van der Waals surface area contributed by atoms with Crippen molar-refractivity contribution in [3.05, 3.63) is 58.4 Å². The first-order valence-corrected chi connectivity index (χ1v) is 9.13. The Kier molecular flexibility index (Phi) is 5.05. The predicted octanol–water partition coefficient (Wildman–Crippen LogP) is 5.13. The second-order valence-corrected chi connectivity index (χ2v) is 7.21. The van der Waals surface area contributed by atoms with Gasteiger partial charge in [-0.25, -0.2) is 22.5 Å². The van der Waals surface area contributed by atoms with Gasteiger partial charge in [-0.1, -0.05) is 11.2 Å². The molecule has 1 atom stereocenters. The van der Waals surface area contributed by atoms with E-state index in [-0.39, 0.29) is 22.6 Å². The van der Waals surface area contributed by atoms with Crippen molar-refractivity contribution < 1.29 is 22.1 Å². The van der Waals surface area contributed by atoms with Gasteiger partial charge in [0.15, 0.2) is 11.6 Å². The van der Waals surface area contributed by atoms with E-state index in [0.717, 1.165) is 25.5 Å². The van der Waals surface area contributed by atoms with Crippen LogP contribution >= 0.6 is 0 Å². The van der Waals surface area contributed by atoms with Gasteiger partial charge in [0, 0.05) is 30.3 Å². The topological polar surface area (TPSA) is 42.2 Å². The first-order valence-electron chi connectivity index (χ1n) is 9.13. The second kappa shape index (κ2) is 7.50. The number of aromatic nitrogens is 2.